The third-order valence-corrected chi connectivity index (χ3v) is 6.64. The van der Waals surface area contributed by atoms with E-state index in [2.05, 4.69) is 0 Å². The van der Waals surface area contributed by atoms with E-state index in [9.17, 15) is 13.2 Å². The number of hydrogen-bond acceptors (Lipinski definition) is 4. The molecule has 2 aromatic carbocycles. The minimum atomic E-state index is -3.39. The van der Waals surface area contributed by atoms with Crippen molar-refractivity contribution in [1.29, 1.82) is 0 Å². The minimum absolute atomic E-state index is 0.0192. The van der Waals surface area contributed by atoms with Crippen molar-refractivity contribution in [3.05, 3.63) is 65.7 Å². The lowest BCUT2D eigenvalue weighted by atomic mass is 10.2. The monoisotopic (exact) mass is 402 g/mol. The Morgan fingerprint density at radius 1 is 1.04 bits per heavy atom. The quantitative estimate of drug-likeness (QED) is 0.744. The molecule has 0 radical (unpaired) electrons. The molecule has 7 heteroatoms. The van der Waals surface area contributed by atoms with E-state index in [0.29, 0.717) is 31.9 Å². The highest BCUT2D eigenvalue weighted by atomic mass is 32.2. The molecule has 0 spiro atoms. The van der Waals surface area contributed by atoms with Gasteiger partial charge in [-0.3, -0.25) is 4.79 Å². The summed E-state index contributed by atoms with van der Waals surface area (Å²) in [5, 5.41) is 0. The zero-order valence-electron chi connectivity index (χ0n) is 16.2. The van der Waals surface area contributed by atoms with Crippen LogP contribution in [-0.4, -0.2) is 55.8 Å². The van der Waals surface area contributed by atoms with E-state index in [1.54, 1.807) is 11.8 Å². The molecule has 1 aliphatic heterocycles. The zero-order chi connectivity index (χ0) is 20.1. The summed E-state index contributed by atoms with van der Waals surface area (Å²) in [4.78, 5) is 14.3. The van der Waals surface area contributed by atoms with Crippen LogP contribution < -0.4 is 4.74 Å². The van der Waals surface area contributed by atoms with Gasteiger partial charge in [-0.2, -0.15) is 4.31 Å². The van der Waals surface area contributed by atoms with Crippen molar-refractivity contribution >= 4 is 15.9 Å². The predicted octanol–water partition coefficient (Wildman–Crippen LogP) is 2.44. The molecule has 150 valence electrons. The number of nitrogens with zero attached hydrogens (tertiary/aromatic N) is 2. The summed E-state index contributed by atoms with van der Waals surface area (Å²) in [5.74, 6) is 0.515. The van der Waals surface area contributed by atoms with Gasteiger partial charge in [-0.25, -0.2) is 8.42 Å². The Bertz CT molecular complexity index is 907. The Hall–Kier alpha value is -2.38. The molecule has 0 saturated carbocycles. The average molecular weight is 403 g/mol. The number of rotatable bonds is 6. The maximum absolute atomic E-state index is 12.7. The number of carbonyl (C=O) groups is 1. The normalized spacial score (nSPS) is 16.6. The highest BCUT2D eigenvalue weighted by Crippen LogP contribution is 2.17. The second-order valence-corrected chi connectivity index (χ2v) is 9.01. The summed E-state index contributed by atoms with van der Waals surface area (Å²) in [6, 6.07) is 16.7. The molecule has 0 N–H and O–H groups in total. The van der Waals surface area contributed by atoms with Crippen LogP contribution in [0.15, 0.2) is 54.6 Å². The van der Waals surface area contributed by atoms with Crippen LogP contribution >= 0.6 is 0 Å². The second kappa shape index (κ2) is 8.75. The number of amides is 1. The smallest absolute Gasteiger partial charge is 0.263 e. The van der Waals surface area contributed by atoms with Gasteiger partial charge in [0, 0.05) is 26.2 Å². The maximum Gasteiger partial charge on any atom is 0.263 e. The SMILES string of the molecule is Cc1cccc(O[C@H](C)C(=O)N2CCN(S(=O)(=O)Cc3ccccc3)CC2)c1. The fourth-order valence-corrected chi connectivity index (χ4v) is 4.78. The van der Waals surface area contributed by atoms with Gasteiger partial charge in [0.2, 0.25) is 10.0 Å². The molecule has 0 aromatic heterocycles. The molecule has 2 aromatic rings. The van der Waals surface area contributed by atoms with Gasteiger partial charge < -0.3 is 9.64 Å². The molecule has 1 fully saturated rings. The van der Waals surface area contributed by atoms with E-state index in [4.69, 9.17) is 4.74 Å². The van der Waals surface area contributed by atoms with E-state index in [-0.39, 0.29) is 11.7 Å². The molecule has 1 atom stereocenters. The Kier molecular flexibility index (Phi) is 6.36. The topological polar surface area (TPSA) is 66.9 Å². The largest absolute Gasteiger partial charge is 0.481 e. The molecule has 6 nitrogen and oxygen atoms in total. The van der Waals surface area contributed by atoms with Crippen molar-refractivity contribution in [2.24, 2.45) is 0 Å². The van der Waals surface area contributed by atoms with Crippen LogP contribution in [0.5, 0.6) is 5.75 Å². The van der Waals surface area contributed by atoms with Crippen LogP contribution in [0.1, 0.15) is 18.1 Å². The van der Waals surface area contributed by atoms with Gasteiger partial charge in [-0.05, 0) is 37.1 Å². The fourth-order valence-electron chi connectivity index (χ4n) is 3.26. The van der Waals surface area contributed by atoms with E-state index in [0.717, 1.165) is 11.1 Å². The van der Waals surface area contributed by atoms with Crippen LogP contribution in [0.2, 0.25) is 0 Å². The Balaban J connectivity index is 1.54. The molecule has 0 aliphatic carbocycles. The molecule has 28 heavy (non-hydrogen) atoms. The summed E-state index contributed by atoms with van der Waals surface area (Å²) in [6.45, 7) is 5.04. The molecule has 1 heterocycles. The van der Waals surface area contributed by atoms with E-state index in [1.165, 1.54) is 4.31 Å². The number of carbonyl (C=O) groups excluding carboxylic acids is 1. The number of ether oxygens (including phenoxy) is 1. The average Bonchev–Trinajstić information content (AvgIpc) is 2.68. The molecule has 3 rings (SSSR count). The maximum atomic E-state index is 12.7. The summed E-state index contributed by atoms with van der Waals surface area (Å²) in [5.41, 5.74) is 1.83. The summed E-state index contributed by atoms with van der Waals surface area (Å²) < 4.78 is 32.5. The Labute approximate surface area is 166 Å². The number of sulfonamides is 1. The van der Waals surface area contributed by atoms with Crippen molar-refractivity contribution < 1.29 is 17.9 Å². The van der Waals surface area contributed by atoms with Crippen molar-refractivity contribution in [3.63, 3.8) is 0 Å². The third kappa shape index (κ3) is 5.11. The van der Waals surface area contributed by atoms with Crippen LogP contribution in [0.4, 0.5) is 0 Å². The number of aryl methyl sites for hydroxylation is 1. The molecular formula is C21H26N2O4S. The molecular weight excluding hydrogens is 376 g/mol. The summed E-state index contributed by atoms with van der Waals surface area (Å²) in [7, 11) is -3.39. The highest BCUT2D eigenvalue weighted by Gasteiger charge is 2.31. The summed E-state index contributed by atoms with van der Waals surface area (Å²) >= 11 is 0. The first-order valence-electron chi connectivity index (χ1n) is 9.39. The van der Waals surface area contributed by atoms with Crippen LogP contribution in [-0.2, 0) is 20.6 Å². The minimum Gasteiger partial charge on any atom is -0.481 e. The molecule has 1 aliphatic rings. The highest BCUT2D eigenvalue weighted by molar-refractivity contribution is 7.88. The van der Waals surface area contributed by atoms with E-state index in [1.807, 2.05) is 61.5 Å². The molecule has 0 bridgehead atoms. The van der Waals surface area contributed by atoms with Crippen molar-refractivity contribution in [2.45, 2.75) is 25.7 Å². The van der Waals surface area contributed by atoms with Gasteiger partial charge in [0.15, 0.2) is 6.10 Å². The Morgan fingerprint density at radius 2 is 1.71 bits per heavy atom. The van der Waals surface area contributed by atoms with Crippen LogP contribution in [0.3, 0.4) is 0 Å². The van der Waals surface area contributed by atoms with Gasteiger partial charge in [0.25, 0.3) is 5.91 Å². The van der Waals surface area contributed by atoms with Gasteiger partial charge in [0.1, 0.15) is 5.75 Å². The number of benzene rings is 2. The van der Waals surface area contributed by atoms with Crippen LogP contribution in [0.25, 0.3) is 0 Å². The molecule has 0 unspecified atom stereocenters. The fraction of sp³-hybridized carbons (Fsp3) is 0.381. The van der Waals surface area contributed by atoms with E-state index < -0.39 is 16.1 Å². The first-order valence-corrected chi connectivity index (χ1v) is 11.0. The number of hydrogen-bond donors (Lipinski definition) is 0. The van der Waals surface area contributed by atoms with Gasteiger partial charge in [-0.15, -0.1) is 0 Å². The first kappa shape index (κ1) is 20.4. The molecule has 1 amide bonds. The second-order valence-electron chi connectivity index (χ2n) is 7.04. The molecule has 1 saturated heterocycles. The lowest BCUT2D eigenvalue weighted by Crippen LogP contribution is -2.53. The van der Waals surface area contributed by atoms with Gasteiger partial charge >= 0.3 is 0 Å². The number of piperazine rings is 1. The van der Waals surface area contributed by atoms with Crippen molar-refractivity contribution in [2.75, 3.05) is 26.2 Å². The van der Waals surface area contributed by atoms with Crippen LogP contribution in [0, 0.1) is 6.92 Å². The van der Waals surface area contributed by atoms with E-state index >= 15 is 0 Å². The predicted molar refractivity (Wildman–Crippen MR) is 108 cm³/mol. The lowest BCUT2D eigenvalue weighted by molar-refractivity contribution is -0.139. The lowest BCUT2D eigenvalue weighted by Gasteiger charge is -2.35. The standard InChI is InChI=1S/C21H26N2O4S/c1-17-7-6-10-20(15-17)27-18(2)21(24)22-11-13-23(14-12-22)28(25,26)16-19-8-4-3-5-9-19/h3-10,15,18H,11-14,16H2,1-2H3/t18-/m1/s1. The van der Waals surface area contributed by atoms with Gasteiger partial charge in [0.05, 0.1) is 5.75 Å². The first-order chi connectivity index (χ1) is 13.3. The summed E-state index contributed by atoms with van der Waals surface area (Å²) in [6.07, 6.45) is -0.616. The Morgan fingerprint density at radius 3 is 2.36 bits per heavy atom. The van der Waals surface area contributed by atoms with Gasteiger partial charge in [-0.1, -0.05) is 42.5 Å². The van der Waals surface area contributed by atoms with Crippen molar-refractivity contribution in [1.82, 2.24) is 9.21 Å². The zero-order valence-corrected chi connectivity index (χ0v) is 17.1. The van der Waals surface area contributed by atoms with Crippen molar-refractivity contribution in [3.8, 4) is 5.75 Å². The third-order valence-electron chi connectivity index (χ3n) is 4.79.